The lowest BCUT2D eigenvalue weighted by atomic mass is 9.97. The first-order valence-corrected chi connectivity index (χ1v) is 6.21. The van der Waals surface area contributed by atoms with Crippen molar-refractivity contribution in [3.8, 4) is 0 Å². The smallest absolute Gasteiger partial charge is 0.289 e. The molecule has 4 nitrogen and oxygen atoms in total. The number of carbonyl (C=O) groups is 1. The van der Waals surface area contributed by atoms with E-state index in [-0.39, 0.29) is 18.1 Å². The van der Waals surface area contributed by atoms with Gasteiger partial charge in [-0.25, -0.2) is 0 Å². The molecule has 94 valence electrons. The van der Waals surface area contributed by atoms with Gasteiger partial charge < -0.3 is 14.4 Å². The predicted molar refractivity (Wildman–Crippen MR) is 63.7 cm³/mol. The van der Waals surface area contributed by atoms with Gasteiger partial charge in [0, 0.05) is 12.6 Å². The lowest BCUT2D eigenvalue weighted by molar-refractivity contribution is 0.0485. The third-order valence-corrected chi connectivity index (χ3v) is 3.23. The highest BCUT2D eigenvalue weighted by Gasteiger charge is 2.29. The minimum atomic E-state index is -0.370. The van der Waals surface area contributed by atoms with Crippen LogP contribution < -0.4 is 0 Å². The number of nitrogens with zero attached hydrogens (tertiary/aromatic N) is 1. The van der Waals surface area contributed by atoms with Crippen LogP contribution in [0.25, 0.3) is 0 Å². The average Bonchev–Trinajstić information content (AvgIpc) is 2.81. The van der Waals surface area contributed by atoms with E-state index in [0.717, 1.165) is 25.8 Å². The second-order valence-corrected chi connectivity index (χ2v) is 4.71. The zero-order chi connectivity index (χ0) is 12.3. The summed E-state index contributed by atoms with van der Waals surface area (Å²) >= 11 is 0. The Morgan fingerprint density at radius 2 is 2.47 bits per heavy atom. The molecule has 0 bridgehead atoms. The van der Waals surface area contributed by atoms with Crippen LogP contribution in [0.2, 0.25) is 0 Å². The molecule has 2 heterocycles. The van der Waals surface area contributed by atoms with Crippen LogP contribution in [-0.2, 0) is 0 Å². The van der Waals surface area contributed by atoms with Crippen LogP contribution in [0, 0.1) is 0 Å². The Labute approximate surface area is 101 Å². The zero-order valence-corrected chi connectivity index (χ0v) is 10.1. The number of aliphatic hydroxyl groups is 1. The average molecular weight is 237 g/mol. The molecule has 1 aliphatic heterocycles. The van der Waals surface area contributed by atoms with Crippen molar-refractivity contribution in [3.63, 3.8) is 0 Å². The predicted octanol–water partition coefficient (Wildman–Crippen LogP) is 2.05. The van der Waals surface area contributed by atoms with Gasteiger partial charge in [-0.15, -0.1) is 0 Å². The Balaban J connectivity index is 2.08. The molecule has 1 amide bonds. The fourth-order valence-electron chi connectivity index (χ4n) is 2.45. The van der Waals surface area contributed by atoms with Crippen LogP contribution in [0.15, 0.2) is 22.8 Å². The lowest BCUT2D eigenvalue weighted by Gasteiger charge is -2.35. The summed E-state index contributed by atoms with van der Waals surface area (Å²) in [5, 5.41) is 9.47. The van der Waals surface area contributed by atoms with E-state index in [1.165, 1.54) is 6.26 Å². The van der Waals surface area contributed by atoms with Crippen molar-refractivity contribution < 1.29 is 14.3 Å². The van der Waals surface area contributed by atoms with E-state index in [9.17, 15) is 9.90 Å². The number of aliphatic hydroxyl groups excluding tert-OH is 1. The van der Waals surface area contributed by atoms with Crippen LogP contribution in [0.5, 0.6) is 0 Å². The van der Waals surface area contributed by atoms with E-state index in [0.29, 0.717) is 12.2 Å². The minimum absolute atomic E-state index is 0.0552. The molecule has 0 aliphatic carbocycles. The summed E-state index contributed by atoms with van der Waals surface area (Å²) in [6.45, 7) is 2.53. The summed E-state index contributed by atoms with van der Waals surface area (Å²) in [5.41, 5.74) is 0. The Bertz CT molecular complexity index is 359. The zero-order valence-electron chi connectivity index (χ0n) is 10.1. The quantitative estimate of drug-likeness (QED) is 0.875. The van der Waals surface area contributed by atoms with Gasteiger partial charge in [-0.05, 0) is 44.7 Å². The summed E-state index contributed by atoms with van der Waals surface area (Å²) in [7, 11) is 0. The van der Waals surface area contributed by atoms with Crippen LogP contribution in [-0.4, -0.2) is 34.6 Å². The van der Waals surface area contributed by atoms with Gasteiger partial charge in [-0.1, -0.05) is 0 Å². The van der Waals surface area contributed by atoms with Gasteiger partial charge in [-0.3, -0.25) is 4.79 Å². The minimum Gasteiger partial charge on any atom is -0.459 e. The van der Waals surface area contributed by atoms with Crippen molar-refractivity contribution in [2.45, 2.75) is 44.8 Å². The maximum Gasteiger partial charge on any atom is 0.289 e. The van der Waals surface area contributed by atoms with Crippen LogP contribution in [0.4, 0.5) is 0 Å². The molecule has 1 N–H and O–H groups in total. The first-order valence-electron chi connectivity index (χ1n) is 6.21. The summed E-state index contributed by atoms with van der Waals surface area (Å²) in [6.07, 6.45) is 4.91. The highest BCUT2D eigenvalue weighted by atomic mass is 16.3. The molecule has 1 saturated heterocycles. The Hall–Kier alpha value is -1.29. The number of likely N-dealkylation sites (tertiary alicyclic amines) is 1. The molecule has 0 saturated carbocycles. The SMILES string of the molecule is CC(O)CC1CCCCN1C(=O)c1ccco1. The van der Waals surface area contributed by atoms with Crippen LogP contribution >= 0.6 is 0 Å². The summed E-state index contributed by atoms with van der Waals surface area (Å²) in [4.78, 5) is 14.0. The molecule has 0 aromatic carbocycles. The summed E-state index contributed by atoms with van der Waals surface area (Å²) in [5.74, 6) is 0.336. The number of carbonyl (C=O) groups excluding carboxylic acids is 1. The van der Waals surface area contributed by atoms with Gasteiger partial charge in [0.25, 0.3) is 5.91 Å². The number of hydrogen-bond acceptors (Lipinski definition) is 3. The first-order chi connectivity index (χ1) is 8.18. The van der Waals surface area contributed by atoms with Gasteiger partial charge >= 0.3 is 0 Å². The van der Waals surface area contributed by atoms with E-state index in [1.54, 1.807) is 19.1 Å². The van der Waals surface area contributed by atoms with E-state index in [2.05, 4.69) is 0 Å². The fraction of sp³-hybridized carbons (Fsp3) is 0.615. The van der Waals surface area contributed by atoms with Crippen molar-refractivity contribution in [2.24, 2.45) is 0 Å². The van der Waals surface area contributed by atoms with Crippen molar-refractivity contribution in [1.82, 2.24) is 4.90 Å². The highest BCUT2D eigenvalue weighted by molar-refractivity contribution is 5.91. The maximum absolute atomic E-state index is 12.2. The summed E-state index contributed by atoms with van der Waals surface area (Å²) < 4.78 is 5.15. The fourth-order valence-corrected chi connectivity index (χ4v) is 2.45. The molecular formula is C13H19NO3. The normalized spacial score (nSPS) is 22.5. The van der Waals surface area contributed by atoms with Crippen LogP contribution in [0.1, 0.15) is 43.2 Å². The molecule has 1 aromatic heterocycles. The molecule has 1 aromatic rings. The molecule has 2 atom stereocenters. The van der Waals surface area contributed by atoms with Gasteiger partial charge in [0.2, 0.25) is 0 Å². The van der Waals surface area contributed by atoms with E-state index >= 15 is 0 Å². The number of furan rings is 1. The molecule has 1 aliphatic rings. The lowest BCUT2D eigenvalue weighted by Crippen LogP contribution is -2.44. The Morgan fingerprint density at radius 3 is 3.12 bits per heavy atom. The van der Waals surface area contributed by atoms with Gasteiger partial charge in [0.1, 0.15) is 0 Å². The standard InChI is InChI=1S/C13H19NO3/c1-10(15)9-11-5-2-3-7-14(11)13(16)12-6-4-8-17-12/h4,6,8,10-11,15H,2-3,5,7,9H2,1H3. The molecule has 4 heteroatoms. The molecule has 17 heavy (non-hydrogen) atoms. The van der Waals surface area contributed by atoms with E-state index in [1.807, 2.05) is 4.90 Å². The largest absolute Gasteiger partial charge is 0.459 e. The first kappa shape index (κ1) is 12.2. The van der Waals surface area contributed by atoms with E-state index in [4.69, 9.17) is 4.42 Å². The van der Waals surface area contributed by atoms with Crippen molar-refractivity contribution in [3.05, 3.63) is 24.2 Å². The van der Waals surface area contributed by atoms with Crippen LogP contribution in [0.3, 0.4) is 0 Å². The van der Waals surface area contributed by atoms with Gasteiger partial charge in [-0.2, -0.15) is 0 Å². The molecule has 2 rings (SSSR count). The maximum atomic E-state index is 12.2. The molecule has 2 unspecified atom stereocenters. The second-order valence-electron chi connectivity index (χ2n) is 4.71. The monoisotopic (exact) mass is 237 g/mol. The molecule has 0 spiro atoms. The molecule has 0 radical (unpaired) electrons. The third-order valence-electron chi connectivity index (χ3n) is 3.23. The number of rotatable bonds is 3. The van der Waals surface area contributed by atoms with E-state index < -0.39 is 0 Å². The number of piperidine rings is 1. The molecule has 1 fully saturated rings. The van der Waals surface area contributed by atoms with Gasteiger partial charge in [0.15, 0.2) is 5.76 Å². The highest BCUT2D eigenvalue weighted by Crippen LogP contribution is 2.23. The summed E-state index contributed by atoms with van der Waals surface area (Å²) in [6, 6.07) is 3.55. The molecular weight excluding hydrogens is 218 g/mol. The Kier molecular flexibility index (Phi) is 3.84. The number of hydrogen-bond donors (Lipinski definition) is 1. The van der Waals surface area contributed by atoms with Crippen molar-refractivity contribution >= 4 is 5.91 Å². The van der Waals surface area contributed by atoms with Gasteiger partial charge in [0.05, 0.1) is 12.4 Å². The Morgan fingerprint density at radius 1 is 1.65 bits per heavy atom. The topological polar surface area (TPSA) is 53.7 Å². The van der Waals surface area contributed by atoms with Crippen molar-refractivity contribution in [1.29, 1.82) is 0 Å². The number of amides is 1. The second kappa shape index (κ2) is 5.36. The third kappa shape index (κ3) is 2.88. The van der Waals surface area contributed by atoms with Crippen molar-refractivity contribution in [2.75, 3.05) is 6.54 Å².